The number of carboxylic acid groups (broad SMARTS) is 1. The van der Waals surface area contributed by atoms with Gasteiger partial charge in [0, 0.05) is 18.8 Å². The molecule has 1 aliphatic heterocycles. The molecule has 0 spiro atoms. The van der Waals surface area contributed by atoms with Gasteiger partial charge in [0.1, 0.15) is 5.70 Å². The van der Waals surface area contributed by atoms with Crippen LogP contribution in [-0.2, 0) is 4.79 Å². The molecule has 1 aliphatic rings. The van der Waals surface area contributed by atoms with Gasteiger partial charge in [0.15, 0.2) is 0 Å². The van der Waals surface area contributed by atoms with E-state index in [9.17, 15) is 4.79 Å². The first-order valence-corrected chi connectivity index (χ1v) is 5.02. The van der Waals surface area contributed by atoms with Crippen molar-refractivity contribution in [3.63, 3.8) is 0 Å². The molecule has 80 valence electrons. The monoisotopic (exact) mass is 198 g/mol. The molecule has 0 fully saturated rings. The van der Waals surface area contributed by atoms with Crippen molar-refractivity contribution in [2.75, 3.05) is 13.1 Å². The Hall–Kier alpha value is -1.19. The molecule has 4 heteroatoms. The van der Waals surface area contributed by atoms with Crippen LogP contribution in [0.25, 0.3) is 0 Å². The van der Waals surface area contributed by atoms with E-state index in [1.165, 1.54) is 0 Å². The van der Waals surface area contributed by atoms with Crippen LogP contribution in [0.4, 0.5) is 0 Å². The number of likely N-dealkylation sites (N-methyl/N-ethyl adjacent to an activating group) is 1. The lowest BCUT2D eigenvalue weighted by molar-refractivity contribution is -0.134. The van der Waals surface area contributed by atoms with E-state index < -0.39 is 5.97 Å². The van der Waals surface area contributed by atoms with Crippen LogP contribution in [0.15, 0.2) is 11.4 Å². The second kappa shape index (κ2) is 3.90. The zero-order chi connectivity index (χ0) is 10.9. The minimum Gasteiger partial charge on any atom is -0.477 e. The Morgan fingerprint density at radius 3 is 2.14 bits per heavy atom. The van der Waals surface area contributed by atoms with Crippen LogP contribution < -0.4 is 0 Å². The van der Waals surface area contributed by atoms with Crippen LogP contribution in [0, 0.1) is 0 Å². The lowest BCUT2D eigenvalue weighted by Crippen LogP contribution is -2.38. The van der Waals surface area contributed by atoms with Gasteiger partial charge in [-0.1, -0.05) is 0 Å². The summed E-state index contributed by atoms with van der Waals surface area (Å²) in [7, 11) is 0. The minimum atomic E-state index is -0.827. The maximum Gasteiger partial charge on any atom is 0.354 e. The van der Waals surface area contributed by atoms with Crippen molar-refractivity contribution in [2.24, 2.45) is 0 Å². The van der Waals surface area contributed by atoms with E-state index in [-0.39, 0.29) is 6.17 Å². The largest absolute Gasteiger partial charge is 0.477 e. The Bertz CT molecular complexity index is 273. The molecule has 0 saturated carbocycles. The highest BCUT2D eigenvalue weighted by molar-refractivity contribution is 5.87. The van der Waals surface area contributed by atoms with E-state index in [4.69, 9.17) is 5.11 Å². The average molecular weight is 198 g/mol. The minimum absolute atomic E-state index is 0.163. The lowest BCUT2D eigenvalue weighted by Gasteiger charge is -2.29. The molecule has 0 saturated heterocycles. The molecule has 0 radical (unpaired) electrons. The van der Waals surface area contributed by atoms with Gasteiger partial charge >= 0.3 is 5.97 Å². The molecular weight excluding hydrogens is 180 g/mol. The van der Waals surface area contributed by atoms with Crippen LogP contribution in [0.3, 0.4) is 0 Å². The Labute approximate surface area is 84.8 Å². The molecule has 1 unspecified atom stereocenters. The predicted octanol–water partition coefficient (Wildman–Crippen LogP) is 1.31. The first-order chi connectivity index (χ1) is 6.54. The molecule has 0 bridgehead atoms. The van der Waals surface area contributed by atoms with Crippen LogP contribution >= 0.6 is 0 Å². The van der Waals surface area contributed by atoms with Crippen molar-refractivity contribution < 1.29 is 9.90 Å². The summed E-state index contributed by atoms with van der Waals surface area (Å²) in [5, 5.41) is 9.09. The molecule has 1 heterocycles. The smallest absolute Gasteiger partial charge is 0.354 e. The highest BCUT2D eigenvalue weighted by Gasteiger charge is 2.34. The van der Waals surface area contributed by atoms with Crippen molar-refractivity contribution in [1.29, 1.82) is 0 Å². The molecule has 14 heavy (non-hydrogen) atoms. The fourth-order valence-electron chi connectivity index (χ4n) is 2.18. The second-order valence-electron chi connectivity index (χ2n) is 3.44. The number of allylic oxidation sites excluding steroid dienone is 1. The number of aliphatic carboxylic acids is 1. The molecule has 0 amide bonds. The molecule has 1 N–H and O–H groups in total. The van der Waals surface area contributed by atoms with Crippen molar-refractivity contribution >= 4 is 5.97 Å². The zero-order valence-electron chi connectivity index (χ0n) is 9.24. The summed E-state index contributed by atoms with van der Waals surface area (Å²) < 4.78 is 0. The topological polar surface area (TPSA) is 43.8 Å². The van der Waals surface area contributed by atoms with Crippen LogP contribution in [-0.4, -0.2) is 40.1 Å². The molecule has 0 aromatic carbocycles. The normalized spacial score (nSPS) is 22.1. The second-order valence-corrected chi connectivity index (χ2v) is 3.44. The van der Waals surface area contributed by atoms with Gasteiger partial charge in [0.2, 0.25) is 0 Å². The summed E-state index contributed by atoms with van der Waals surface area (Å²) in [6.45, 7) is 9.51. The van der Waals surface area contributed by atoms with Gasteiger partial charge in [-0.15, -0.1) is 0 Å². The van der Waals surface area contributed by atoms with E-state index in [1.807, 2.05) is 32.6 Å². The standard InChI is InChI=1S/C10H18N2O2/c1-5-11-7(3)9(10(13)14)12(6-2)8(11)4/h8H,5-6H2,1-4H3,(H,13,14). The van der Waals surface area contributed by atoms with Gasteiger partial charge in [0.25, 0.3) is 0 Å². The van der Waals surface area contributed by atoms with E-state index in [1.54, 1.807) is 0 Å². The third-order valence-corrected chi connectivity index (χ3v) is 2.85. The summed E-state index contributed by atoms with van der Waals surface area (Å²) in [5.74, 6) is -0.827. The molecule has 0 aromatic rings. The van der Waals surface area contributed by atoms with Gasteiger partial charge in [-0.25, -0.2) is 4.79 Å². The van der Waals surface area contributed by atoms with E-state index in [2.05, 4.69) is 4.90 Å². The van der Waals surface area contributed by atoms with E-state index in [0.717, 1.165) is 18.8 Å². The van der Waals surface area contributed by atoms with Crippen LogP contribution in [0.1, 0.15) is 27.7 Å². The lowest BCUT2D eigenvalue weighted by atomic mass is 10.3. The van der Waals surface area contributed by atoms with Crippen LogP contribution in [0.2, 0.25) is 0 Å². The summed E-state index contributed by atoms with van der Waals surface area (Å²) in [6.07, 6.45) is 0.163. The number of nitrogens with zero attached hydrogens (tertiary/aromatic N) is 2. The third-order valence-electron chi connectivity index (χ3n) is 2.85. The molecule has 0 aromatic heterocycles. The summed E-state index contributed by atoms with van der Waals surface area (Å²) in [4.78, 5) is 15.1. The van der Waals surface area contributed by atoms with Crippen molar-refractivity contribution in [2.45, 2.75) is 33.9 Å². The van der Waals surface area contributed by atoms with Gasteiger partial charge in [-0.3, -0.25) is 0 Å². The number of carbonyl (C=O) groups is 1. The van der Waals surface area contributed by atoms with Crippen LogP contribution in [0.5, 0.6) is 0 Å². The fraction of sp³-hybridized carbons (Fsp3) is 0.700. The van der Waals surface area contributed by atoms with E-state index in [0.29, 0.717) is 5.70 Å². The van der Waals surface area contributed by atoms with Gasteiger partial charge in [-0.2, -0.15) is 0 Å². The van der Waals surface area contributed by atoms with Gasteiger partial charge in [-0.05, 0) is 27.7 Å². The third kappa shape index (κ3) is 1.45. The summed E-state index contributed by atoms with van der Waals surface area (Å²) in [5.41, 5.74) is 1.32. The van der Waals surface area contributed by atoms with Crippen molar-refractivity contribution in [1.82, 2.24) is 9.80 Å². The van der Waals surface area contributed by atoms with Crippen molar-refractivity contribution in [3.05, 3.63) is 11.4 Å². The Balaban J connectivity index is 3.07. The maximum atomic E-state index is 11.1. The number of carboxylic acids is 1. The Morgan fingerprint density at radius 1 is 1.36 bits per heavy atom. The quantitative estimate of drug-likeness (QED) is 0.742. The SMILES string of the molecule is CCN1C(C)=C(C(=O)O)N(CC)C1C. The highest BCUT2D eigenvalue weighted by Crippen LogP contribution is 2.28. The molecule has 1 rings (SSSR count). The molecule has 0 aliphatic carbocycles. The Kier molecular flexibility index (Phi) is 3.03. The van der Waals surface area contributed by atoms with Crippen molar-refractivity contribution in [3.8, 4) is 0 Å². The van der Waals surface area contributed by atoms with Gasteiger partial charge in [0.05, 0.1) is 6.17 Å². The Morgan fingerprint density at radius 2 is 1.86 bits per heavy atom. The number of rotatable bonds is 3. The number of hydrogen-bond acceptors (Lipinski definition) is 3. The summed E-state index contributed by atoms with van der Waals surface area (Å²) in [6, 6.07) is 0. The number of hydrogen-bond donors (Lipinski definition) is 1. The first kappa shape index (κ1) is 10.9. The first-order valence-electron chi connectivity index (χ1n) is 5.02. The fourth-order valence-corrected chi connectivity index (χ4v) is 2.18. The molecule has 1 atom stereocenters. The summed E-state index contributed by atoms with van der Waals surface area (Å²) >= 11 is 0. The highest BCUT2D eigenvalue weighted by atomic mass is 16.4. The zero-order valence-corrected chi connectivity index (χ0v) is 9.24. The molecular formula is C10H18N2O2. The van der Waals surface area contributed by atoms with Gasteiger partial charge < -0.3 is 14.9 Å². The predicted molar refractivity (Wildman–Crippen MR) is 54.6 cm³/mol. The van der Waals surface area contributed by atoms with E-state index >= 15 is 0 Å². The molecule has 4 nitrogen and oxygen atoms in total. The maximum absolute atomic E-state index is 11.1. The average Bonchev–Trinajstić information content (AvgIpc) is 2.37.